The fourth-order valence-corrected chi connectivity index (χ4v) is 4.33. The maximum Gasteiger partial charge on any atom is 0.233 e. The second-order valence-electron chi connectivity index (χ2n) is 7.14. The first-order valence-electron chi connectivity index (χ1n) is 9.17. The lowest BCUT2D eigenvalue weighted by Gasteiger charge is -2.33. The number of likely N-dealkylation sites (tertiary alicyclic amines) is 1. The van der Waals surface area contributed by atoms with Gasteiger partial charge in [0, 0.05) is 30.3 Å². The maximum atomic E-state index is 13.5. The Morgan fingerprint density at radius 1 is 1.19 bits per heavy atom. The Morgan fingerprint density at radius 3 is 2.65 bits per heavy atom. The Labute approximate surface area is 158 Å². The predicted molar refractivity (Wildman–Crippen MR) is 99.2 cm³/mol. The molecule has 1 unspecified atom stereocenters. The molecule has 0 radical (unpaired) electrons. The number of carbonyl (C=O) groups excluding carboxylic acids is 1. The van der Waals surface area contributed by atoms with Crippen LogP contribution in [0.5, 0.6) is 5.88 Å². The minimum atomic E-state index is -0.411. The highest BCUT2D eigenvalue weighted by molar-refractivity contribution is 6.30. The van der Waals surface area contributed by atoms with Crippen molar-refractivity contribution in [2.45, 2.75) is 43.6 Å². The number of benzene rings is 1. The second-order valence-corrected chi connectivity index (χ2v) is 7.57. The van der Waals surface area contributed by atoms with Crippen LogP contribution in [0.2, 0.25) is 5.02 Å². The van der Waals surface area contributed by atoms with E-state index in [1.165, 1.54) is 0 Å². The molecule has 1 aromatic carbocycles. The van der Waals surface area contributed by atoms with Crippen molar-refractivity contribution < 1.29 is 9.53 Å². The molecule has 2 fully saturated rings. The number of aromatic nitrogens is 2. The van der Waals surface area contributed by atoms with E-state index >= 15 is 0 Å². The Hall–Kier alpha value is -2.14. The third kappa shape index (κ3) is 3.28. The fraction of sp³-hybridized carbons (Fsp3) is 0.450. The van der Waals surface area contributed by atoms with Crippen LogP contribution in [0, 0.1) is 0 Å². The maximum absolute atomic E-state index is 13.5. The van der Waals surface area contributed by atoms with Crippen LogP contribution in [-0.4, -0.2) is 40.2 Å². The van der Waals surface area contributed by atoms with E-state index in [-0.39, 0.29) is 12.0 Å². The molecule has 1 aliphatic heterocycles. The molecule has 5 nitrogen and oxygen atoms in total. The van der Waals surface area contributed by atoms with Crippen molar-refractivity contribution in [2.75, 3.05) is 13.1 Å². The molecule has 26 heavy (non-hydrogen) atoms. The Balaban J connectivity index is 1.49. The summed E-state index contributed by atoms with van der Waals surface area (Å²) in [6, 6.07) is 11.4. The number of nitrogens with zero attached hydrogens (tertiary/aromatic N) is 3. The lowest BCUT2D eigenvalue weighted by Crippen LogP contribution is -2.45. The summed E-state index contributed by atoms with van der Waals surface area (Å²) in [5, 5.41) is 8.51. The minimum absolute atomic E-state index is 0.0284. The summed E-state index contributed by atoms with van der Waals surface area (Å²) in [7, 11) is 0. The quantitative estimate of drug-likeness (QED) is 0.823. The summed E-state index contributed by atoms with van der Waals surface area (Å²) in [6.07, 6.45) is 6.38. The lowest BCUT2D eigenvalue weighted by atomic mass is 9.77. The molecule has 2 aliphatic rings. The molecule has 0 bridgehead atoms. The van der Waals surface area contributed by atoms with E-state index in [1.54, 1.807) is 18.3 Å². The van der Waals surface area contributed by atoms with Crippen LogP contribution in [0.1, 0.15) is 37.7 Å². The molecule has 2 aromatic rings. The summed E-state index contributed by atoms with van der Waals surface area (Å²) >= 11 is 6.04. The van der Waals surface area contributed by atoms with E-state index in [1.807, 2.05) is 29.2 Å². The molecular formula is C20H22ClN3O2. The topological polar surface area (TPSA) is 55.3 Å². The molecule has 0 N–H and O–H groups in total. The van der Waals surface area contributed by atoms with Crippen LogP contribution in [0.4, 0.5) is 0 Å². The lowest BCUT2D eigenvalue weighted by molar-refractivity contribution is -0.136. The van der Waals surface area contributed by atoms with Gasteiger partial charge in [-0.3, -0.25) is 4.79 Å². The van der Waals surface area contributed by atoms with Crippen LogP contribution in [0.3, 0.4) is 0 Å². The summed E-state index contributed by atoms with van der Waals surface area (Å²) in [6.45, 7) is 1.32. The van der Waals surface area contributed by atoms with Crippen molar-refractivity contribution in [2.24, 2.45) is 0 Å². The Kier molecular flexibility index (Phi) is 4.81. The van der Waals surface area contributed by atoms with Gasteiger partial charge in [0.2, 0.25) is 11.8 Å². The van der Waals surface area contributed by atoms with E-state index in [0.717, 1.165) is 44.2 Å². The van der Waals surface area contributed by atoms with Gasteiger partial charge in [-0.15, -0.1) is 5.10 Å². The fourth-order valence-electron chi connectivity index (χ4n) is 4.21. The predicted octanol–water partition coefficient (Wildman–Crippen LogP) is 3.62. The number of hydrogen-bond donors (Lipinski definition) is 0. The first kappa shape index (κ1) is 17.3. The van der Waals surface area contributed by atoms with Crippen LogP contribution < -0.4 is 4.74 Å². The summed E-state index contributed by atoms with van der Waals surface area (Å²) in [5.41, 5.74) is 0.675. The van der Waals surface area contributed by atoms with Crippen molar-refractivity contribution in [1.82, 2.24) is 15.1 Å². The number of rotatable bonds is 4. The third-order valence-electron chi connectivity index (χ3n) is 5.53. The molecule has 1 amide bonds. The third-order valence-corrected chi connectivity index (χ3v) is 5.78. The van der Waals surface area contributed by atoms with E-state index in [2.05, 4.69) is 10.2 Å². The highest BCUT2D eigenvalue weighted by atomic mass is 35.5. The van der Waals surface area contributed by atoms with E-state index in [4.69, 9.17) is 16.3 Å². The standard InChI is InChI=1S/C20H22ClN3O2/c21-16-7-5-15(6-8-16)20(10-1-2-11-20)19(25)24-13-9-17(14-24)26-18-4-3-12-22-23-18/h3-8,12,17H,1-2,9-11,13-14H2. The van der Waals surface area contributed by atoms with Gasteiger partial charge in [-0.2, -0.15) is 5.10 Å². The number of carbonyl (C=O) groups is 1. The Bertz CT molecular complexity index is 760. The second kappa shape index (κ2) is 7.23. The van der Waals surface area contributed by atoms with Gasteiger partial charge < -0.3 is 9.64 Å². The number of hydrogen-bond acceptors (Lipinski definition) is 4. The zero-order valence-corrected chi connectivity index (χ0v) is 15.4. The largest absolute Gasteiger partial charge is 0.471 e. The average molecular weight is 372 g/mol. The van der Waals surface area contributed by atoms with E-state index in [0.29, 0.717) is 17.4 Å². The van der Waals surface area contributed by atoms with Gasteiger partial charge in [0.15, 0.2) is 0 Å². The molecule has 1 saturated heterocycles. The van der Waals surface area contributed by atoms with Gasteiger partial charge in [-0.05, 0) is 36.6 Å². The van der Waals surface area contributed by atoms with Gasteiger partial charge in [0.25, 0.3) is 0 Å². The molecule has 2 heterocycles. The zero-order chi connectivity index (χ0) is 18.0. The van der Waals surface area contributed by atoms with Crippen molar-refractivity contribution in [3.63, 3.8) is 0 Å². The van der Waals surface area contributed by atoms with Gasteiger partial charge in [0.05, 0.1) is 12.0 Å². The molecule has 4 rings (SSSR count). The molecule has 0 spiro atoms. The van der Waals surface area contributed by atoms with Crippen molar-refractivity contribution in [3.8, 4) is 5.88 Å². The van der Waals surface area contributed by atoms with E-state index in [9.17, 15) is 4.79 Å². The molecule has 6 heteroatoms. The van der Waals surface area contributed by atoms with Gasteiger partial charge in [-0.25, -0.2) is 0 Å². The number of ether oxygens (including phenoxy) is 1. The van der Waals surface area contributed by atoms with E-state index < -0.39 is 5.41 Å². The molecule has 1 atom stereocenters. The smallest absolute Gasteiger partial charge is 0.233 e. The van der Waals surface area contributed by atoms with Gasteiger partial charge in [-0.1, -0.05) is 36.6 Å². The Morgan fingerprint density at radius 2 is 1.96 bits per heavy atom. The van der Waals surface area contributed by atoms with Gasteiger partial charge in [0.1, 0.15) is 6.10 Å². The zero-order valence-electron chi connectivity index (χ0n) is 14.6. The normalized spacial score (nSPS) is 21.7. The van der Waals surface area contributed by atoms with Crippen LogP contribution in [0.25, 0.3) is 0 Å². The van der Waals surface area contributed by atoms with Crippen LogP contribution >= 0.6 is 11.6 Å². The van der Waals surface area contributed by atoms with Crippen molar-refractivity contribution >= 4 is 17.5 Å². The first-order valence-corrected chi connectivity index (χ1v) is 9.55. The molecule has 1 aliphatic carbocycles. The highest BCUT2D eigenvalue weighted by Gasteiger charge is 2.46. The SMILES string of the molecule is O=C(N1CCC(Oc2cccnn2)C1)C1(c2ccc(Cl)cc2)CCCC1. The summed E-state index contributed by atoms with van der Waals surface area (Å²) < 4.78 is 5.89. The highest BCUT2D eigenvalue weighted by Crippen LogP contribution is 2.43. The van der Waals surface area contributed by atoms with Crippen molar-refractivity contribution in [3.05, 3.63) is 53.2 Å². The van der Waals surface area contributed by atoms with Crippen LogP contribution in [0.15, 0.2) is 42.6 Å². The minimum Gasteiger partial charge on any atom is -0.471 e. The van der Waals surface area contributed by atoms with Crippen LogP contribution in [-0.2, 0) is 10.2 Å². The van der Waals surface area contributed by atoms with Gasteiger partial charge >= 0.3 is 0 Å². The number of halogens is 1. The monoisotopic (exact) mass is 371 g/mol. The molecule has 1 aromatic heterocycles. The first-order chi connectivity index (χ1) is 12.7. The molecular weight excluding hydrogens is 350 g/mol. The summed E-state index contributed by atoms with van der Waals surface area (Å²) in [4.78, 5) is 15.4. The molecule has 136 valence electrons. The molecule has 1 saturated carbocycles. The summed E-state index contributed by atoms with van der Waals surface area (Å²) in [5.74, 6) is 0.739. The van der Waals surface area contributed by atoms with Crippen molar-refractivity contribution in [1.29, 1.82) is 0 Å². The average Bonchev–Trinajstić information content (AvgIpc) is 3.33. The number of amides is 1.